The van der Waals surface area contributed by atoms with E-state index in [0.717, 1.165) is 32.8 Å². The topological polar surface area (TPSA) is 103 Å². The Labute approximate surface area is 143 Å². The molecule has 0 spiro atoms. The lowest BCUT2D eigenvalue weighted by atomic mass is 10.2. The number of carbonyl (C=O) groups excluding carboxylic acids is 2. The van der Waals surface area contributed by atoms with Gasteiger partial charge in [0.05, 0.1) is 19.8 Å². The lowest BCUT2D eigenvalue weighted by Gasteiger charge is -2.26. The van der Waals surface area contributed by atoms with Gasteiger partial charge in [-0.25, -0.2) is 0 Å². The van der Waals surface area contributed by atoms with Gasteiger partial charge < -0.3 is 25.3 Å². The number of rotatable bonds is 9. The zero-order valence-corrected chi connectivity index (χ0v) is 14.6. The second-order valence-corrected chi connectivity index (χ2v) is 5.02. The molecule has 0 radical (unpaired) electrons. The molecule has 1 aliphatic heterocycles. The molecule has 3 N–H and O–H groups in total. The molecule has 2 amide bonds. The molecule has 1 aliphatic rings. The number of amides is 2. The molecule has 0 aromatic carbocycles. The zero-order valence-electron chi connectivity index (χ0n) is 14.6. The van der Waals surface area contributed by atoms with Gasteiger partial charge in [0.1, 0.15) is 0 Å². The summed E-state index contributed by atoms with van der Waals surface area (Å²) in [6, 6.07) is 0. The van der Waals surface area contributed by atoms with Gasteiger partial charge in [0, 0.05) is 39.4 Å². The van der Waals surface area contributed by atoms with Gasteiger partial charge in [-0.15, -0.1) is 0 Å². The van der Waals surface area contributed by atoms with E-state index in [1.807, 2.05) is 0 Å². The molecule has 1 heterocycles. The van der Waals surface area contributed by atoms with E-state index in [9.17, 15) is 9.59 Å². The third kappa shape index (κ3) is 10.9. The highest BCUT2D eigenvalue weighted by molar-refractivity contribution is 5.91. The minimum atomic E-state index is -0.395. The maximum Gasteiger partial charge on any atom is 0.244 e. The maximum absolute atomic E-state index is 10.7. The van der Waals surface area contributed by atoms with Gasteiger partial charge in [0.15, 0.2) is 6.29 Å². The minimum Gasteiger partial charge on any atom is -0.379 e. The quantitative estimate of drug-likeness (QED) is 0.438. The van der Waals surface area contributed by atoms with Crippen LogP contribution < -0.4 is 11.1 Å². The molecular formula is C16H29N3O5. The van der Waals surface area contributed by atoms with Crippen molar-refractivity contribution >= 4 is 11.8 Å². The molecule has 1 rings (SSSR count). The van der Waals surface area contributed by atoms with Crippen molar-refractivity contribution in [1.82, 2.24) is 10.2 Å². The summed E-state index contributed by atoms with van der Waals surface area (Å²) in [5.74, 6) is -0.627. The first kappa shape index (κ1) is 22.3. The fourth-order valence-corrected chi connectivity index (χ4v) is 1.76. The summed E-state index contributed by atoms with van der Waals surface area (Å²) in [6.45, 7) is 11.5. The molecule has 138 valence electrons. The molecule has 0 atom stereocenters. The molecule has 8 nitrogen and oxygen atoms in total. The molecule has 0 aliphatic carbocycles. The van der Waals surface area contributed by atoms with E-state index in [2.05, 4.69) is 23.4 Å². The molecule has 0 aromatic heterocycles. The van der Waals surface area contributed by atoms with Crippen LogP contribution in [0.15, 0.2) is 24.8 Å². The predicted octanol–water partition coefficient (Wildman–Crippen LogP) is -0.342. The van der Waals surface area contributed by atoms with Crippen molar-refractivity contribution in [2.45, 2.75) is 12.7 Å². The van der Waals surface area contributed by atoms with Gasteiger partial charge in [-0.2, -0.15) is 0 Å². The average molecular weight is 343 g/mol. The number of nitrogens with two attached hydrogens (primary N) is 1. The van der Waals surface area contributed by atoms with Crippen LogP contribution in [0.2, 0.25) is 0 Å². The second-order valence-electron chi connectivity index (χ2n) is 5.02. The summed E-state index contributed by atoms with van der Waals surface area (Å²) in [5.41, 5.74) is 5.58. The van der Waals surface area contributed by atoms with Crippen molar-refractivity contribution < 1.29 is 23.8 Å². The van der Waals surface area contributed by atoms with Crippen LogP contribution in [0.5, 0.6) is 0 Å². The van der Waals surface area contributed by atoms with E-state index in [-0.39, 0.29) is 12.2 Å². The predicted molar refractivity (Wildman–Crippen MR) is 91.2 cm³/mol. The first-order valence-corrected chi connectivity index (χ1v) is 7.68. The summed E-state index contributed by atoms with van der Waals surface area (Å²) < 4.78 is 14.8. The molecule has 24 heavy (non-hydrogen) atoms. The number of hydrogen-bond donors (Lipinski definition) is 2. The molecule has 0 aromatic rings. The Bertz CT molecular complexity index is 405. The smallest absolute Gasteiger partial charge is 0.244 e. The fraction of sp³-hybridized carbons (Fsp3) is 0.625. The Morgan fingerprint density at radius 1 is 1.33 bits per heavy atom. The van der Waals surface area contributed by atoms with E-state index in [4.69, 9.17) is 19.9 Å². The fourth-order valence-electron chi connectivity index (χ4n) is 1.76. The first-order chi connectivity index (χ1) is 11.4. The van der Waals surface area contributed by atoms with Crippen LogP contribution in [0.1, 0.15) is 6.42 Å². The summed E-state index contributed by atoms with van der Waals surface area (Å²) >= 11 is 0. The van der Waals surface area contributed by atoms with Crippen molar-refractivity contribution in [3.05, 3.63) is 24.8 Å². The van der Waals surface area contributed by atoms with Gasteiger partial charge >= 0.3 is 0 Å². The van der Waals surface area contributed by atoms with Crippen LogP contribution in [0.3, 0.4) is 0 Å². The first-order valence-electron chi connectivity index (χ1n) is 7.68. The number of nitrogens with one attached hydrogen (secondary N) is 1. The third-order valence-electron chi connectivity index (χ3n) is 3.34. The molecule has 8 heteroatoms. The van der Waals surface area contributed by atoms with Crippen molar-refractivity contribution in [3.63, 3.8) is 0 Å². The highest BCUT2D eigenvalue weighted by Gasteiger charge is 2.11. The van der Waals surface area contributed by atoms with Gasteiger partial charge in [-0.3, -0.25) is 14.5 Å². The molecule has 1 fully saturated rings. The SMILES string of the molecule is C=C(CCN1CCOCC1)C(N)=O.C=CC(=O)NCC(OC)OC. The molecule has 1 saturated heterocycles. The largest absolute Gasteiger partial charge is 0.379 e. The number of methoxy groups -OCH3 is 2. The number of morpholine rings is 1. The molecule has 0 bridgehead atoms. The Kier molecular flexibility index (Phi) is 12.7. The minimum absolute atomic E-state index is 0.232. The lowest BCUT2D eigenvalue weighted by molar-refractivity contribution is -0.123. The molecular weight excluding hydrogens is 314 g/mol. The van der Waals surface area contributed by atoms with Crippen molar-refractivity contribution in [2.75, 3.05) is 53.6 Å². The number of ether oxygens (including phenoxy) is 3. The summed E-state index contributed by atoms with van der Waals surface area (Å²) in [5, 5.41) is 2.53. The summed E-state index contributed by atoms with van der Waals surface area (Å²) in [7, 11) is 3.02. The van der Waals surface area contributed by atoms with E-state index in [0.29, 0.717) is 18.5 Å². The Hall–Kier alpha value is -1.74. The van der Waals surface area contributed by atoms with Crippen molar-refractivity contribution in [3.8, 4) is 0 Å². The van der Waals surface area contributed by atoms with Crippen molar-refractivity contribution in [1.29, 1.82) is 0 Å². The zero-order chi connectivity index (χ0) is 18.4. The maximum atomic E-state index is 10.7. The van der Waals surface area contributed by atoms with Crippen LogP contribution in [0.4, 0.5) is 0 Å². The number of nitrogens with zero attached hydrogens (tertiary/aromatic N) is 1. The lowest BCUT2D eigenvalue weighted by Crippen LogP contribution is -2.37. The standard InChI is InChI=1S/C9H16N2O2.C7H13NO3/c1-8(9(10)12)2-3-11-4-6-13-7-5-11;1-4-6(9)8-5-7(10-2)11-3/h1-7H2,(H2,10,12);4,7H,1,5H2,2-3H3,(H,8,9). The summed E-state index contributed by atoms with van der Waals surface area (Å²) in [6.07, 6.45) is 1.47. The van der Waals surface area contributed by atoms with Gasteiger partial charge in [0.25, 0.3) is 0 Å². The number of carbonyl (C=O) groups is 2. The monoisotopic (exact) mass is 343 g/mol. The highest BCUT2D eigenvalue weighted by atomic mass is 16.7. The van der Waals surface area contributed by atoms with E-state index < -0.39 is 5.91 Å². The Morgan fingerprint density at radius 2 is 1.92 bits per heavy atom. The van der Waals surface area contributed by atoms with Crippen LogP contribution in [-0.2, 0) is 23.8 Å². The molecule has 0 saturated carbocycles. The van der Waals surface area contributed by atoms with Crippen LogP contribution in [0, 0.1) is 0 Å². The van der Waals surface area contributed by atoms with Crippen LogP contribution in [0.25, 0.3) is 0 Å². The van der Waals surface area contributed by atoms with E-state index >= 15 is 0 Å². The van der Waals surface area contributed by atoms with Gasteiger partial charge in [0.2, 0.25) is 11.8 Å². The second kappa shape index (κ2) is 13.7. The van der Waals surface area contributed by atoms with Gasteiger partial charge in [-0.05, 0) is 12.5 Å². The van der Waals surface area contributed by atoms with Crippen LogP contribution >= 0.6 is 0 Å². The van der Waals surface area contributed by atoms with Crippen LogP contribution in [-0.4, -0.2) is 76.6 Å². The Morgan fingerprint density at radius 3 is 2.38 bits per heavy atom. The number of hydrogen-bond acceptors (Lipinski definition) is 6. The Balaban J connectivity index is 0.000000449. The normalized spacial score (nSPS) is 14.5. The van der Waals surface area contributed by atoms with Gasteiger partial charge in [-0.1, -0.05) is 13.2 Å². The average Bonchev–Trinajstić information content (AvgIpc) is 2.61. The van der Waals surface area contributed by atoms with Crippen molar-refractivity contribution in [2.24, 2.45) is 5.73 Å². The molecule has 0 unspecified atom stereocenters. The third-order valence-corrected chi connectivity index (χ3v) is 3.34. The highest BCUT2D eigenvalue weighted by Crippen LogP contribution is 2.02. The van der Waals surface area contributed by atoms with E-state index in [1.54, 1.807) is 0 Å². The number of primary amides is 1. The van der Waals surface area contributed by atoms with E-state index in [1.165, 1.54) is 20.3 Å². The summed E-state index contributed by atoms with van der Waals surface area (Å²) in [4.78, 5) is 23.5.